The summed E-state index contributed by atoms with van der Waals surface area (Å²) in [6, 6.07) is 5.69. The summed E-state index contributed by atoms with van der Waals surface area (Å²) in [4.78, 5) is 14.5. The van der Waals surface area contributed by atoms with Crippen LogP contribution in [0.5, 0.6) is 5.75 Å². The average Bonchev–Trinajstić information content (AvgIpc) is 2.96. The second-order valence-electron chi connectivity index (χ2n) is 5.39. The minimum absolute atomic E-state index is 0.0114. The molecular formula is C16H24N2O3. The van der Waals surface area contributed by atoms with E-state index in [-0.39, 0.29) is 12.0 Å². The maximum absolute atomic E-state index is 12.6. The van der Waals surface area contributed by atoms with E-state index in [4.69, 9.17) is 15.2 Å². The fraction of sp³-hybridized carbons (Fsp3) is 0.562. The van der Waals surface area contributed by atoms with Crippen molar-refractivity contribution in [3.63, 3.8) is 0 Å². The standard InChI is InChI=1S/C16H24N2O3/c1-12-4-5-14(15(10-12)21-9-3-7-17)16(19)18-8-6-13(11-18)20-2/h4-5,10,13H,3,6-9,11,17H2,1-2H3/t13-/m1/s1. The van der Waals surface area contributed by atoms with Crippen LogP contribution in [-0.2, 0) is 4.74 Å². The zero-order chi connectivity index (χ0) is 15.2. The van der Waals surface area contributed by atoms with E-state index in [1.165, 1.54) is 0 Å². The van der Waals surface area contributed by atoms with Crippen LogP contribution in [0.3, 0.4) is 0 Å². The number of nitrogens with two attached hydrogens (primary N) is 1. The summed E-state index contributed by atoms with van der Waals surface area (Å²) in [5.41, 5.74) is 7.18. The molecule has 1 amide bonds. The number of ether oxygens (including phenoxy) is 2. The lowest BCUT2D eigenvalue weighted by Crippen LogP contribution is -2.30. The Morgan fingerprint density at radius 1 is 1.48 bits per heavy atom. The number of carbonyl (C=O) groups excluding carboxylic acids is 1. The van der Waals surface area contributed by atoms with E-state index < -0.39 is 0 Å². The molecule has 1 aliphatic heterocycles. The summed E-state index contributed by atoms with van der Waals surface area (Å²) in [6.07, 6.45) is 1.80. The van der Waals surface area contributed by atoms with Crippen LogP contribution in [0, 0.1) is 6.92 Å². The number of amides is 1. The van der Waals surface area contributed by atoms with E-state index >= 15 is 0 Å². The van der Waals surface area contributed by atoms with Crippen molar-refractivity contribution in [1.29, 1.82) is 0 Å². The highest BCUT2D eigenvalue weighted by Gasteiger charge is 2.28. The van der Waals surface area contributed by atoms with Gasteiger partial charge in [-0.05, 0) is 44.0 Å². The lowest BCUT2D eigenvalue weighted by Gasteiger charge is -2.19. The van der Waals surface area contributed by atoms with Crippen LogP contribution in [0.15, 0.2) is 18.2 Å². The first-order chi connectivity index (χ1) is 10.2. The molecule has 1 heterocycles. The molecule has 116 valence electrons. The maximum Gasteiger partial charge on any atom is 0.257 e. The Kier molecular flexibility index (Phi) is 5.59. The molecule has 0 unspecified atom stereocenters. The van der Waals surface area contributed by atoms with Crippen LogP contribution in [0.2, 0.25) is 0 Å². The summed E-state index contributed by atoms with van der Waals surface area (Å²) >= 11 is 0. The van der Waals surface area contributed by atoms with Crippen LogP contribution in [0.1, 0.15) is 28.8 Å². The summed E-state index contributed by atoms with van der Waals surface area (Å²) in [5, 5.41) is 0. The zero-order valence-electron chi connectivity index (χ0n) is 12.8. The zero-order valence-corrected chi connectivity index (χ0v) is 12.8. The quantitative estimate of drug-likeness (QED) is 0.809. The van der Waals surface area contributed by atoms with Crippen molar-refractivity contribution in [1.82, 2.24) is 4.90 Å². The Hall–Kier alpha value is -1.59. The highest BCUT2D eigenvalue weighted by atomic mass is 16.5. The van der Waals surface area contributed by atoms with Crippen molar-refractivity contribution in [2.24, 2.45) is 5.73 Å². The number of methoxy groups -OCH3 is 1. The van der Waals surface area contributed by atoms with Gasteiger partial charge in [0.15, 0.2) is 0 Å². The Morgan fingerprint density at radius 2 is 2.29 bits per heavy atom. The van der Waals surface area contributed by atoms with Gasteiger partial charge in [0.25, 0.3) is 5.91 Å². The summed E-state index contributed by atoms with van der Waals surface area (Å²) in [5.74, 6) is 0.659. The summed E-state index contributed by atoms with van der Waals surface area (Å²) < 4.78 is 11.1. The average molecular weight is 292 g/mol. The number of aryl methyl sites for hydroxylation is 1. The van der Waals surface area contributed by atoms with E-state index in [1.807, 2.05) is 30.0 Å². The number of hydrogen-bond acceptors (Lipinski definition) is 4. The molecule has 1 fully saturated rings. The number of rotatable bonds is 6. The van der Waals surface area contributed by atoms with E-state index in [0.717, 1.165) is 24.9 Å². The van der Waals surface area contributed by atoms with Crippen molar-refractivity contribution < 1.29 is 14.3 Å². The minimum atomic E-state index is 0.0114. The van der Waals surface area contributed by atoms with Gasteiger partial charge in [0, 0.05) is 20.2 Å². The van der Waals surface area contributed by atoms with Crippen molar-refractivity contribution in [2.75, 3.05) is 33.4 Å². The molecule has 1 aromatic carbocycles. The highest BCUT2D eigenvalue weighted by Crippen LogP contribution is 2.24. The molecule has 1 atom stereocenters. The number of benzene rings is 1. The van der Waals surface area contributed by atoms with Crippen LogP contribution in [0.25, 0.3) is 0 Å². The van der Waals surface area contributed by atoms with Crippen LogP contribution >= 0.6 is 0 Å². The van der Waals surface area contributed by atoms with Gasteiger partial charge in [-0.2, -0.15) is 0 Å². The molecule has 1 aromatic rings. The topological polar surface area (TPSA) is 64.8 Å². The van der Waals surface area contributed by atoms with E-state index in [2.05, 4.69) is 0 Å². The molecule has 0 aliphatic carbocycles. The first-order valence-electron chi connectivity index (χ1n) is 7.41. The van der Waals surface area contributed by atoms with Crippen molar-refractivity contribution in [3.8, 4) is 5.75 Å². The third-order valence-electron chi connectivity index (χ3n) is 3.74. The fourth-order valence-corrected chi connectivity index (χ4v) is 2.47. The molecule has 0 radical (unpaired) electrons. The first-order valence-corrected chi connectivity index (χ1v) is 7.41. The molecule has 2 rings (SSSR count). The van der Waals surface area contributed by atoms with Crippen molar-refractivity contribution >= 4 is 5.91 Å². The Bertz CT molecular complexity index is 490. The van der Waals surface area contributed by atoms with Gasteiger partial charge in [-0.3, -0.25) is 4.79 Å². The Balaban J connectivity index is 2.12. The SMILES string of the molecule is CO[C@@H]1CCN(C(=O)c2ccc(C)cc2OCCCN)C1. The first kappa shape index (κ1) is 15.8. The van der Waals surface area contributed by atoms with E-state index in [0.29, 0.717) is 31.0 Å². The van der Waals surface area contributed by atoms with E-state index in [1.54, 1.807) is 7.11 Å². The minimum Gasteiger partial charge on any atom is -0.493 e. The summed E-state index contributed by atoms with van der Waals surface area (Å²) in [6.45, 7) is 4.47. The molecule has 0 spiro atoms. The second-order valence-corrected chi connectivity index (χ2v) is 5.39. The number of carbonyl (C=O) groups is 1. The largest absolute Gasteiger partial charge is 0.493 e. The molecule has 0 saturated carbocycles. The van der Waals surface area contributed by atoms with Crippen LogP contribution < -0.4 is 10.5 Å². The van der Waals surface area contributed by atoms with Gasteiger partial charge in [0.2, 0.25) is 0 Å². The van der Waals surface area contributed by atoms with Crippen molar-refractivity contribution in [2.45, 2.75) is 25.9 Å². The predicted octanol–water partition coefficient (Wildman–Crippen LogP) is 1.58. The fourth-order valence-electron chi connectivity index (χ4n) is 2.47. The third-order valence-corrected chi connectivity index (χ3v) is 3.74. The molecular weight excluding hydrogens is 268 g/mol. The van der Waals surface area contributed by atoms with Crippen LogP contribution in [0.4, 0.5) is 0 Å². The van der Waals surface area contributed by atoms with Gasteiger partial charge in [0.1, 0.15) is 5.75 Å². The maximum atomic E-state index is 12.6. The highest BCUT2D eigenvalue weighted by molar-refractivity contribution is 5.97. The molecule has 1 saturated heterocycles. The molecule has 5 nitrogen and oxygen atoms in total. The molecule has 2 N–H and O–H groups in total. The van der Waals surface area contributed by atoms with Crippen LogP contribution in [-0.4, -0.2) is 50.3 Å². The van der Waals surface area contributed by atoms with Gasteiger partial charge in [-0.15, -0.1) is 0 Å². The summed E-state index contributed by atoms with van der Waals surface area (Å²) in [7, 11) is 1.69. The molecule has 21 heavy (non-hydrogen) atoms. The van der Waals surface area contributed by atoms with Gasteiger partial charge in [-0.25, -0.2) is 0 Å². The lowest BCUT2D eigenvalue weighted by molar-refractivity contribution is 0.0720. The second kappa shape index (κ2) is 7.43. The van der Waals surface area contributed by atoms with Gasteiger partial charge < -0.3 is 20.1 Å². The van der Waals surface area contributed by atoms with Gasteiger partial charge >= 0.3 is 0 Å². The number of hydrogen-bond donors (Lipinski definition) is 1. The smallest absolute Gasteiger partial charge is 0.257 e. The normalized spacial score (nSPS) is 18.0. The molecule has 0 aromatic heterocycles. The Labute approximate surface area is 126 Å². The monoisotopic (exact) mass is 292 g/mol. The number of nitrogens with zero attached hydrogens (tertiary/aromatic N) is 1. The number of likely N-dealkylation sites (tertiary alicyclic amines) is 1. The molecule has 5 heteroatoms. The third kappa shape index (κ3) is 3.95. The Morgan fingerprint density at radius 3 is 2.95 bits per heavy atom. The van der Waals surface area contributed by atoms with E-state index in [9.17, 15) is 4.79 Å². The van der Waals surface area contributed by atoms with Gasteiger partial charge in [0.05, 0.1) is 18.3 Å². The molecule has 1 aliphatic rings. The lowest BCUT2D eigenvalue weighted by atomic mass is 10.1. The van der Waals surface area contributed by atoms with Gasteiger partial charge in [-0.1, -0.05) is 6.07 Å². The molecule has 0 bridgehead atoms. The predicted molar refractivity (Wildman–Crippen MR) is 81.7 cm³/mol. The van der Waals surface area contributed by atoms with Crippen molar-refractivity contribution in [3.05, 3.63) is 29.3 Å².